The first-order valence-electron chi connectivity index (χ1n) is 27.5. The molecule has 0 saturated carbocycles. The zero-order valence-corrected chi connectivity index (χ0v) is 46.2. The second-order valence-electron chi connectivity index (χ2n) is 22.1. The number of hydrogen-bond acceptors (Lipinski definition) is 0. The van der Waals surface area contributed by atoms with Crippen LogP contribution in [0.1, 0.15) is 44.5 Å². The van der Waals surface area contributed by atoms with Gasteiger partial charge in [-0.15, -0.1) is 0 Å². The summed E-state index contributed by atoms with van der Waals surface area (Å²) in [4.78, 5) is 0. The summed E-state index contributed by atoms with van der Waals surface area (Å²) in [5.41, 5.74) is 2.20. The molecular weight excluding hydrogens is 1120 g/mol. The van der Waals surface area contributed by atoms with Crippen molar-refractivity contribution in [2.45, 2.75) is 52.4 Å². The van der Waals surface area contributed by atoms with Crippen LogP contribution < -0.4 is 0 Å². The van der Waals surface area contributed by atoms with Crippen LogP contribution in [0.15, 0.2) is 206 Å². The highest BCUT2D eigenvalue weighted by molar-refractivity contribution is 6.30. The van der Waals surface area contributed by atoms with E-state index in [2.05, 4.69) is 0 Å². The van der Waals surface area contributed by atoms with Crippen molar-refractivity contribution in [3.8, 4) is 66.8 Å². The van der Waals surface area contributed by atoms with Gasteiger partial charge in [0.05, 0.1) is 22.3 Å². The van der Waals surface area contributed by atoms with Crippen molar-refractivity contribution in [1.29, 1.82) is 0 Å². The molecule has 0 amide bonds. The number of benzene rings is 13. The first-order valence-corrected chi connectivity index (χ1v) is 27.5. The van der Waals surface area contributed by atoms with E-state index in [9.17, 15) is 52.7 Å². The van der Waals surface area contributed by atoms with E-state index in [4.69, 9.17) is 0 Å². The number of fused-ring (bicyclic) bond motifs is 6. The van der Waals surface area contributed by atoms with E-state index in [1.807, 2.05) is 91.0 Å². The molecule has 0 N–H and O–H groups in total. The summed E-state index contributed by atoms with van der Waals surface area (Å²) in [6, 6.07) is 56.8. The zero-order chi connectivity index (χ0) is 60.5. The van der Waals surface area contributed by atoms with Crippen LogP contribution in [0, 0.1) is 27.7 Å². The van der Waals surface area contributed by atoms with E-state index in [0.717, 1.165) is 18.2 Å². The molecule has 13 rings (SSSR count). The number of alkyl halides is 12. The average molecular weight is 1160 g/mol. The first kappa shape index (κ1) is 55.8. The van der Waals surface area contributed by atoms with E-state index >= 15 is 0 Å². The Balaban J connectivity index is 1.17. The highest BCUT2D eigenvalue weighted by atomic mass is 19.4. The summed E-state index contributed by atoms with van der Waals surface area (Å²) in [6.07, 6.45) is -18.8. The van der Waals surface area contributed by atoms with Gasteiger partial charge in [0.15, 0.2) is 0 Å². The fourth-order valence-electron chi connectivity index (χ4n) is 13.0. The fourth-order valence-corrected chi connectivity index (χ4v) is 13.0. The molecule has 426 valence electrons. The van der Waals surface area contributed by atoms with Gasteiger partial charge in [0.25, 0.3) is 0 Å². The van der Waals surface area contributed by atoms with E-state index < -0.39 is 47.0 Å². The van der Waals surface area contributed by atoms with Gasteiger partial charge in [-0.05, 0) is 218 Å². The maximum Gasteiger partial charge on any atom is 0.416 e. The summed E-state index contributed by atoms with van der Waals surface area (Å²) < 4.78 is 178. The molecule has 0 aliphatic carbocycles. The van der Waals surface area contributed by atoms with Crippen molar-refractivity contribution in [2.75, 3.05) is 0 Å². The van der Waals surface area contributed by atoms with Gasteiger partial charge in [-0.3, -0.25) is 0 Å². The lowest BCUT2D eigenvalue weighted by molar-refractivity contribution is -0.138. The van der Waals surface area contributed by atoms with Gasteiger partial charge in [0.1, 0.15) is 0 Å². The van der Waals surface area contributed by atoms with E-state index in [-0.39, 0.29) is 38.9 Å². The first-order chi connectivity index (χ1) is 40.9. The Morgan fingerprint density at radius 2 is 0.372 bits per heavy atom. The second-order valence-corrected chi connectivity index (χ2v) is 22.1. The lowest BCUT2D eigenvalue weighted by Crippen LogP contribution is -2.08. The Hall–Kier alpha value is -9.42. The average Bonchev–Trinajstić information content (AvgIpc) is 0.748. The van der Waals surface area contributed by atoms with Crippen LogP contribution in [0.2, 0.25) is 0 Å². The van der Waals surface area contributed by atoms with Crippen LogP contribution in [0.3, 0.4) is 0 Å². The lowest BCUT2D eigenvalue weighted by atomic mass is 9.80. The standard InChI is InChI=1S/C74H46F12/c1-39-21-25-45(35-61(39)71(75,76)77)65-51-15-7-10-18-54(51)69(55-19-11-8-16-52(55)65)70-56-20-12-9-17-53(56)67(47-27-23-41(3)63(37-47)73(81,82)83)58-32-30-44(34-60(58)70)43-29-31-57-59(33-43)68(48-28-24-42(4)64(38-48)74(84,85)86)50-14-6-5-13-49(50)66(57)46-26-22-40(2)62(36-46)72(78,79)80/h5-38H,1-4H3. The Morgan fingerprint density at radius 3 is 0.616 bits per heavy atom. The van der Waals surface area contributed by atoms with Gasteiger partial charge >= 0.3 is 24.7 Å². The molecule has 0 radical (unpaired) electrons. The molecule has 86 heavy (non-hydrogen) atoms. The number of hydrogen-bond donors (Lipinski definition) is 0. The summed E-state index contributed by atoms with van der Waals surface area (Å²) >= 11 is 0. The highest BCUT2D eigenvalue weighted by Gasteiger charge is 2.37. The molecular formula is C74H46F12. The second kappa shape index (κ2) is 20.1. The van der Waals surface area contributed by atoms with Gasteiger partial charge in [-0.1, -0.05) is 170 Å². The summed E-state index contributed by atoms with van der Waals surface area (Å²) in [7, 11) is 0. The van der Waals surface area contributed by atoms with Crippen LogP contribution in [0.5, 0.6) is 0 Å². The Bertz CT molecular complexity index is 4920. The molecule has 0 saturated heterocycles. The van der Waals surface area contributed by atoms with Crippen LogP contribution in [0.4, 0.5) is 52.7 Å². The normalized spacial score (nSPS) is 12.7. The predicted octanol–water partition coefficient (Wildman–Crippen LogP) is 23.9. The molecule has 0 heterocycles. The fraction of sp³-hybridized carbons (Fsp3) is 0.108. The van der Waals surface area contributed by atoms with Crippen LogP contribution >= 0.6 is 0 Å². The molecule has 0 atom stereocenters. The SMILES string of the molecule is Cc1ccc(-c2c3ccccc3c(-c3ccc(C)c(C(F)(F)F)c3)c3cc(-c4ccc5c(-c6ccc(C)c(C(F)(F)F)c6)c6ccccc6c(-c6c7ccccc7c(-c7ccc(C)c(C(F)(F)F)c7)c7ccccc67)c5c4)ccc23)cc1C(F)(F)F. The summed E-state index contributed by atoms with van der Waals surface area (Å²) in [5, 5.41) is 6.87. The Labute approximate surface area is 485 Å². The van der Waals surface area contributed by atoms with Crippen molar-refractivity contribution in [2.24, 2.45) is 0 Å². The summed E-state index contributed by atoms with van der Waals surface area (Å²) in [6.45, 7) is 5.55. The van der Waals surface area contributed by atoms with Crippen LogP contribution in [-0.4, -0.2) is 0 Å². The molecule has 12 heteroatoms. The molecule has 0 bridgehead atoms. The molecule has 13 aromatic rings. The van der Waals surface area contributed by atoms with Crippen molar-refractivity contribution >= 4 is 64.6 Å². The maximum absolute atomic E-state index is 14.9. The predicted molar refractivity (Wildman–Crippen MR) is 323 cm³/mol. The van der Waals surface area contributed by atoms with Crippen molar-refractivity contribution < 1.29 is 52.7 Å². The van der Waals surface area contributed by atoms with Gasteiger partial charge in [-0.2, -0.15) is 52.7 Å². The molecule has 0 fully saturated rings. The third-order valence-electron chi connectivity index (χ3n) is 16.9. The molecule has 0 spiro atoms. The number of rotatable bonds is 6. The minimum Gasteiger partial charge on any atom is -0.166 e. The molecule has 0 aromatic heterocycles. The molecule has 0 aliphatic rings. The maximum atomic E-state index is 14.9. The van der Waals surface area contributed by atoms with E-state index in [1.54, 1.807) is 66.7 Å². The lowest BCUT2D eigenvalue weighted by Gasteiger charge is -2.23. The largest absolute Gasteiger partial charge is 0.416 e. The highest BCUT2D eigenvalue weighted by Crippen LogP contribution is 2.53. The monoisotopic (exact) mass is 1160 g/mol. The smallest absolute Gasteiger partial charge is 0.166 e. The zero-order valence-electron chi connectivity index (χ0n) is 46.2. The molecule has 13 aromatic carbocycles. The third kappa shape index (κ3) is 9.28. The summed E-state index contributed by atoms with van der Waals surface area (Å²) in [5.74, 6) is 0. The van der Waals surface area contributed by atoms with Gasteiger partial charge < -0.3 is 0 Å². The van der Waals surface area contributed by atoms with Crippen LogP contribution in [-0.2, 0) is 24.7 Å². The third-order valence-corrected chi connectivity index (χ3v) is 16.9. The quantitative estimate of drug-likeness (QED) is 0.115. The number of halogens is 12. The Kier molecular flexibility index (Phi) is 13.0. The van der Waals surface area contributed by atoms with Crippen molar-refractivity contribution in [1.82, 2.24) is 0 Å². The van der Waals surface area contributed by atoms with E-state index in [1.165, 1.54) is 58.0 Å². The van der Waals surface area contributed by atoms with Crippen molar-refractivity contribution in [3.05, 3.63) is 251 Å². The van der Waals surface area contributed by atoms with Gasteiger partial charge in [0, 0.05) is 0 Å². The van der Waals surface area contributed by atoms with Crippen molar-refractivity contribution in [3.63, 3.8) is 0 Å². The Morgan fingerprint density at radius 1 is 0.186 bits per heavy atom. The molecule has 0 aliphatic heterocycles. The topological polar surface area (TPSA) is 0 Å². The minimum absolute atomic E-state index is 0.00520. The minimum atomic E-state index is -4.74. The number of aryl methyl sites for hydroxylation is 4. The van der Waals surface area contributed by atoms with E-state index in [0.29, 0.717) is 115 Å². The molecule has 0 nitrogen and oxygen atoms in total. The van der Waals surface area contributed by atoms with Crippen LogP contribution in [0.25, 0.3) is 131 Å². The molecule has 0 unspecified atom stereocenters. The van der Waals surface area contributed by atoms with Gasteiger partial charge in [0.2, 0.25) is 0 Å². The van der Waals surface area contributed by atoms with Gasteiger partial charge in [-0.25, -0.2) is 0 Å².